The molecule has 0 amide bonds. The van der Waals surface area contributed by atoms with Gasteiger partial charge in [0.25, 0.3) is 0 Å². The molecule has 6 nitrogen and oxygen atoms in total. The Kier molecular flexibility index (Phi) is 25.0. The number of aliphatic hydroxyl groups is 3. The molecule has 0 aliphatic rings. The molecule has 0 aromatic heterocycles. The first-order valence-corrected chi connectivity index (χ1v) is 7.70. The molecule has 144 valence electrons. The Balaban J connectivity index is -0.000000130. The Bertz CT molecular complexity index is 406. The quantitative estimate of drug-likeness (QED) is 0.458. The van der Waals surface area contributed by atoms with E-state index in [0.29, 0.717) is 19.3 Å². The molecule has 3 N–H and O–H groups in total. The van der Waals surface area contributed by atoms with E-state index in [0.717, 1.165) is 0 Å². The van der Waals surface area contributed by atoms with Crippen LogP contribution in [0.15, 0.2) is 35.5 Å². The van der Waals surface area contributed by atoms with E-state index in [4.69, 9.17) is 15.3 Å². The van der Waals surface area contributed by atoms with Crippen molar-refractivity contribution in [3.63, 3.8) is 0 Å². The van der Waals surface area contributed by atoms with Crippen LogP contribution in [0.25, 0.3) is 0 Å². The van der Waals surface area contributed by atoms with Crippen LogP contribution < -0.4 is 0 Å². The fraction of sp³-hybridized carbons (Fsp3) is 0.500. The first-order valence-electron chi connectivity index (χ1n) is 7.70. The minimum atomic E-state index is -0.0370. The number of allylic oxidation sites excluding steroid dienone is 6. The Morgan fingerprint density at radius 1 is 0.600 bits per heavy atom. The average Bonchev–Trinajstić information content (AvgIpc) is 2.46. The third kappa shape index (κ3) is 34.5. The molecule has 0 heterocycles. The van der Waals surface area contributed by atoms with Crippen molar-refractivity contribution in [2.24, 2.45) is 0 Å². The number of aliphatic hydroxyl groups excluding tert-OH is 3. The van der Waals surface area contributed by atoms with E-state index in [1.807, 2.05) is 0 Å². The van der Waals surface area contributed by atoms with Crippen LogP contribution in [-0.4, -0.2) is 32.7 Å². The second kappa shape index (κ2) is 20.2. The van der Waals surface area contributed by atoms with Crippen LogP contribution in [0.4, 0.5) is 0 Å². The van der Waals surface area contributed by atoms with Crippen LogP contribution in [0, 0.1) is 0 Å². The smallest absolute Gasteiger partial charge is 0.158 e. The molecule has 0 rings (SSSR count). The molecule has 0 fully saturated rings. The summed E-state index contributed by atoms with van der Waals surface area (Å²) in [5.41, 5.74) is 0. The number of rotatable bonds is 6. The van der Waals surface area contributed by atoms with Crippen LogP contribution in [-0.2, 0) is 31.7 Å². The van der Waals surface area contributed by atoms with E-state index in [9.17, 15) is 14.4 Å². The number of carbonyl (C=O) groups is 3. The van der Waals surface area contributed by atoms with E-state index in [-0.39, 0.29) is 52.0 Å². The Hall–Kier alpha value is -1.84. The van der Waals surface area contributed by atoms with E-state index < -0.39 is 0 Å². The summed E-state index contributed by atoms with van der Waals surface area (Å²) in [7, 11) is 0. The maximum atomic E-state index is 10.4. The zero-order valence-corrected chi connectivity index (χ0v) is 17.1. The maximum Gasteiger partial charge on any atom is 0.158 e. The molecule has 0 unspecified atom stereocenters. The van der Waals surface area contributed by atoms with Crippen molar-refractivity contribution in [2.75, 3.05) is 0 Å². The van der Waals surface area contributed by atoms with E-state index >= 15 is 0 Å². The van der Waals surface area contributed by atoms with Crippen molar-refractivity contribution in [3.8, 4) is 0 Å². The van der Waals surface area contributed by atoms with Gasteiger partial charge in [0, 0.05) is 54.9 Å². The van der Waals surface area contributed by atoms with Gasteiger partial charge < -0.3 is 15.3 Å². The predicted octanol–water partition coefficient (Wildman–Crippen LogP) is 4.28. The fourth-order valence-electron chi connectivity index (χ4n) is 1.01. The van der Waals surface area contributed by atoms with Crippen molar-refractivity contribution in [3.05, 3.63) is 35.5 Å². The molecule has 0 radical (unpaired) electrons. The average molecular weight is 394 g/mol. The number of carbonyl (C=O) groups excluding carboxylic acids is 3. The molecule has 0 saturated heterocycles. The van der Waals surface area contributed by atoms with Crippen LogP contribution in [0.5, 0.6) is 0 Å². The van der Waals surface area contributed by atoms with Gasteiger partial charge in [0.15, 0.2) is 17.3 Å². The number of hydrogen-bond acceptors (Lipinski definition) is 6. The van der Waals surface area contributed by atoms with Crippen molar-refractivity contribution >= 4 is 17.3 Å². The van der Waals surface area contributed by atoms with Gasteiger partial charge in [-0.25, -0.2) is 0 Å². The van der Waals surface area contributed by atoms with Crippen molar-refractivity contribution in [1.82, 2.24) is 0 Å². The van der Waals surface area contributed by atoms with E-state index in [1.165, 1.54) is 39.0 Å². The molecule has 0 aliphatic carbocycles. The van der Waals surface area contributed by atoms with Gasteiger partial charge in [0.05, 0.1) is 17.3 Å². The molecule has 0 atom stereocenters. The fourth-order valence-corrected chi connectivity index (χ4v) is 1.01. The molecule has 0 aliphatic heterocycles. The molecule has 0 aromatic carbocycles. The predicted molar refractivity (Wildman–Crippen MR) is 95.1 cm³/mol. The minimum Gasteiger partial charge on any atom is -0.512 e. The zero-order chi connectivity index (χ0) is 19.7. The van der Waals surface area contributed by atoms with Gasteiger partial charge in [-0.2, -0.15) is 0 Å². The SMILES string of the molecule is CCC(=O)/C=C(/C)O.CCC(=O)/C=C(/C)O.CCC(=O)/C=C(/C)O.[Cr]. The van der Waals surface area contributed by atoms with Gasteiger partial charge in [-0.15, -0.1) is 0 Å². The summed E-state index contributed by atoms with van der Waals surface area (Å²) in [6.45, 7) is 9.69. The van der Waals surface area contributed by atoms with Crippen LogP contribution in [0.3, 0.4) is 0 Å². The number of ketones is 3. The standard InChI is InChI=1S/3C6H10O2.Cr/c3*1-3-6(8)4-5(2)7;/h3*4,7H,3H2,1-2H3;/b3*5-4-;. The Labute approximate surface area is 161 Å². The summed E-state index contributed by atoms with van der Waals surface area (Å²) in [4.78, 5) is 31.2. The van der Waals surface area contributed by atoms with Gasteiger partial charge in [-0.05, 0) is 20.8 Å². The number of hydrogen-bond donors (Lipinski definition) is 3. The normalized spacial score (nSPS) is 11.0. The van der Waals surface area contributed by atoms with Gasteiger partial charge in [0.1, 0.15) is 0 Å². The van der Waals surface area contributed by atoms with Gasteiger partial charge in [-0.1, -0.05) is 20.8 Å². The monoisotopic (exact) mass is 394 g/mol. The molecule has 0 aromatic rings. The van der Waals surface area contributed by atoms with E-state index in [2.05, 4.69) is 0 Å². The van der Waals surface area contributed by atoms with E-state index in [1.54, 1.807) is 20.8 Å². The minimum absolute atomic E-state index is 0. The van der Waals surface area contributed by atoms with Crippen molar-refractivity contribution in [1.29, 1.82) is 0 Å². The molecule has 0 spiro atoms. The first kappa shape index (κ1) is 31.0. The molecule has 7 heteroatoms. The van der Waals surface area contributed by atoms with Crippen LogP contribution in [0.1, 0.15) is 60.8 Å². The largest absolute Gasteiger partial charge is 0.512 e. The van der Waals surface area contributed by atoms with Crippen molar-refractivity contribution in [2.45, 2.75) is 60.8 Å². The molecule has 0 saturated carbocycles. The third-order valence-electron chi connectivity index (χ3n) is 2.16. The molecular formula is C18H30CrO6. The summed E-state index contributed by atoms with van der Waals surface area (Å²) < 4.78 is 0. The summed E-state index contributed by atoms with van der Waals surface area (Å²) in [6.07, 6.45) is 5.04. The molecule has 25 heavy (non-hydrogen) atoms. The first-order chi connectivity index (χ1) is 11.0. The van der Waals surface area contributed by atoms with Crippen LogP contribution >= 0.6 is 0 Å². The summed E-state index contributed by atoms with van der Waals surface area (Å²) >= 11 is 0. The Morgan fingerprint density at radius 3 is 0.800 bits per heavy atom. The summed E-state index contributed by atoms with van der Waals surface area (Å²) in [5.74, 6) is 0.130. The van der Waals surface area contributed by atoms with Gasteiger partial charge in [-0.3, -0.25) is 14.4 Å². The van der Waals surface area contributed by atoms with Crippen molar-refractivity contribution < 1.29 is 47.1 Å². The third-order valence-corrected chi connectivity index (χ3v) is 2.16. The van der Waals surface area contributed by atoms with Gasteiger partial charge >= 0.3 is 0 Å². The molecule has 0 bridgehead atoms. The zero-order valence-electron chi connectivity index (χ0n) is 15.8. The second-order valence-electron chi connectivity index (χ2n) is 4.82. The van der Waals surface area contributed by atoms with Gasteiger partial charge in [0.2, 0.25) is 0 Å². The Morgan fingerprint density at radius 2 is 0.760 bits per heavy atom. The topological polar surface area (TPSA) is 112 Å². The summed E-state index contributed by atoms with van der Waals surface area (Å²) in [6, 6.07) is 0. The summed E-state index contributed by atoms with van der Waals surface area (Å²) in [5, 5.41) is 25.5. The second-order valence-corrected chi connectivity index (χ2v) is 4.82. The van der Waals surface area contributed by atoms with Crippen LogP contribution in [0.2, 0.25) is 0 Å². The molecular weight excluding hydrogens is 364 g/mol. The maximum absolute atomic E-state index is 10.4.